The zero-order valence-electron chi connectivity index (χ0n) is 15.6. The largest absolute Gasteiger partial charge is 0.479 e. The summed E-state index contributed by atoms with van der Waals surface area (Å²) in [5.41, 5.74) is 0. The third-order valence-corrected chi connectivity index (χ3v) is 7.58. The Labute approximate surface area is 147 Å². The first-order valence-corrected chi connectivity index (χ1v) is 12.5. The van der Waals surface area contributed by atoms with E-state index in [-0.39, 0.29) is 24.6 Å². The molecule has 0 heterocycles. The number of unbranched alkanes of at least 4 members (excludes halogenated alkanes) is 2. The summed E-state index contributed by atoms with van der Waals surface area (Å²) in [6.45, 7) is 8.13. The summed E-state index contributed by atoms with van der Waals surface area (Å²) in [4.78, 5) is 19.7. The Morgan fingerprint density at radius 3 is 1.83 bits per heavy atom. The van der Waals surface area contributed by atoms with Crippen LogP contribution in [0.1, 0.15) is 79.1 Å². The smallest absolute Gasteiger partial charge is 0.324 e. The van der Waals surface area contributed by atoms with Gasteiger partial charge in [0.2, 0.25) is 0 Å². The minimum atomic E-state index is -4.52. The quantitative estimate of drug-likeness (QED) is 0.349. The van der Waals surface area contributed by atoms with Gasteiger partial charge in [-0.15, -0.1) is 0 Å². The van der Waals surface area contributed by atoms with Gasteiger partial charge in [0.05, 0.1) is 12.8 Å². The Bertz CT molecular complexity index is 415. The first kappa shape index (κ1) is 24.3. The van der Waals surface area contributed by atoms with Gasteiger partial charge < -0.3 is 9.79 Å². The van der Waals surface area contributed by atoms with Gasteiger partial charge in [-0.05, 0) is 24.7 Å². The van der Waals surface area contributed by atoms with Crippen molar-refractivity contribution in [1.29, 1.82) is 0 Å². The highest BCUT2D eigenvalue weighted by molar-refractivity contribution is 7.64. The fourth-order valence-corrected chi connectivity index (χ4v) is 5.80. The zero-order valence-corrected chi connectivity index (χ0v) is 17.4. The van der Waals surface area contributed by atoms with Crippen molar-refractivity contribution in [3.63, 3.8) is 0 Å². The highest BCUT2D eigenvalue weighted by atomic mass is 31.3. The van der Waals surface area contributed by atoms with E-state index in [0.29, 0.717) is 0 Å². The van der Waals surface area contributed by atoms with Crippen molar-refractivity contribution in [1.82, 2.24) is 0 Å². The molecule has 0 saturated heterocycles. The number of rotatable bonds is 15. The van der Waals surface area contributed by atoms with Crippen LogP contribution in [-0.4, -0.2) is 22.6 Å². The van der Waals surface area contributed by atoms with E-state index in [2.05, 4.69) is 18.2 Å². The SMILES string of the molecule is CCCCC(CC)COP(=O)(O)OP(=O)(O)CC(CC)CCCC. The average molecular weight is 386 g/mol. The third-order valence-electron chi connectivity index (χ3n) is 4.28. The summed E-state index contributed by atoms with van der Waals surface area (Å²) in [5.74, 6) is 0.161. The topological polar surface area (TPSA) is 93.1 Å². The van der Waals surface area contributed by atoms with Gasteiger partial charge >= 0.3 is 15.4 Å². The molecule has 0 aliphatic heterocycles. The van der Waals surface area contributed by atoms with Crippen molar-refractivity contribution in [2.24, 2.45) is 11.8 Å². The molecule has 0 amide bonds. The van der Waals surface area contributed by atoms with Crippen LogP contribution < -0.4 is 0 Å². The maximum absolute atomic E-state index is 12.2. The number of phosphoric ester groups is 1. The normalized spacial score (nSPS) is 19.4. The second-order valence-electron chi connectivity index (χ2n) is 6.50. The van der Waals surface area contributed by atoms with Crippen molar-refractivity contribution in [3.8, 4) is 0 Å². The number of hydrogen-bond donors (Lipinski definition) is 2. The third kappa shape index (κ3) is 11.8. The fraction of sp³-hybridized carbons (Fsp3) is 1.00. The first-order valence-electron chi connectivity index (χ1n) is 9.20. The summed E-state index contributed by atoms with van der Waals surface area (Å²) in [7, 11) is -8.67. The molecule has 0 aliphatic rings. The van der Waals surface area contributed by atoms with Gasteiger partial charge in [0.25, 0.3) is 0 Å². The molecule has 8 heteroatoms. The molecule has 6 nitrogen and oxygen atoms in total. The van der Waals surface area contributed by atoms with Gasteiger partial charge in [0.15, 0.2) is 0 Å². The highest BCUT2D eigenvalue weighted by Crippen LogP contribution is 2.61. The van der Waals surface area contributed by atoms with E-state index in [1.54, 1.807) is 0 Å². The van der Waals surface area contributed by atoms with Crippen LogP contribution in [0.15, 0.2) is 0 Å². The second kappa shape index (κ2) is 12.6. The van der Waals surface area contributed by atoms with Crippen LogP contribution in [0.4, 0.5) is 0 Å². The molecular formula is C16H36O6P2. The lowest BCUT2D eigenvalue weighted by Crippen LogP contribution is -2.10. The van der Waals surface area contributed by atoms with Crippen LogP contribution in [-0.2, 0) is 18.0 Å². The van der Waals surface area contributed by atoms with Crippen LogP contribution in [0.2, 0.25) is 0 Å². The molecule has 146 valence electrons. The molecular weight excluding hydrogens is 350 g/mol. The summed E-state index contributed by atoms with van der Waals surface area (Å²) < 4.78 is 33.8. The minimum absolute atomic E-state index is 0.00808. The molecule has 0 aromatic carbocycles. The van der Waals surface area contributed by atoms with Crippen LogP contribution in [0, 0.1) is 11.8 Å². The molecule has 24 heavy (non-hydrogen) atoms. The molecule has 0 rings (SSSR count). The second-order valence-corrected chi connectivity index (χ2v) is 9.99. The predicted molar refractivity (Wildman–Crippen MR) is 98.2 cm³/mol. The fourth-order valence-electron chi connectivity index (χ4n) is 2.56. The number of phosphoric acid groups is 1. The Morgan fingerprint density at radius 1 is 0.875 bits per heavy atom. The van der Waals surface area contributed by atoms with Crippen molar-refractivity contribution in [2.45, 2.75) is 79.1 Å². The van der Waals surface area contributed by atoms with Gasteiger partial charge in [0, 0.05) is 0 Å². The van der Waals surface area contributed by atoms with Crippen LogP contribution in [0.5, 0.6) is 0 Å². The Kier molecular flexibility index (Phi) is 12.8. The lowest BCUT2D eigenvalue weighted by Gasteiger charge is -2.22. The molecule has 0 aromatic rings. The van der Waals surface area contributed by atoms with Crippen molar-refractivity contribution >= 4 is 15.4 Å². The Balaban J connectivity index is 4.52. The molecule has 0 aromatic heterocycles. The van der Waals surface area contributed by atoms with Crippen molar-refractivity contribution < 1.29 is 27.8 Å². The van der Waals surface area contributed by atoms with Crippen molar-refractivity contribution in [3.05, 3.63) is 0 Å². The van der Waals surface area contributed by atoms with Crippen LogP contribution in [0.3, 0.4) is 0 Å². The summed E-state index contributed by atoms with van der Waals surface area (Å²) in [5, 5.41) is 0. The zero-order chi connectivity index (χ0) is 18.6. The Hall–Kier alpha value is 0.300. The monoisotopic (exact) mass is 386 g/mol. The van der Waals surface area contributed by atoms with E-state index in [1.807, 2.05) is 13.8 Å². The van der Waals surface area contributed by atoms with E-state index >= 15 is 0 Å². The molecule has 0 fully saturated rings. The van der Waals surface area contributed by atoms with Crippen LogP contribution >= 0.6 is 15.4 Å². The van der Waals surface area contributed by atoms with Crippen LogP contribution in [0.25, 0.3) is 0 Å². The van der Waals surface area contributed by atoms with Gasteiger partial charge in [-0.2, -0.15) is 0 Å². The summed E-state index contributed by atoms with van der Waals surface area (Å²) in [6, 6.07) is 0. The van der Waals surface area contributed by atoms with E-state index in [0.717, 1.165) is 51.4 Å². The molecule has 0 bridgehead atoms. The molecule has 0 radical (unpaired) electrons. The molecule has 0 spiro atoms. The molecule has 0 saturated carbocycles. The maximum atomic E-state index is 12.2. The van der Waals surface area contributed by atoms with Gasteiger partial charge in [-0.1, -0.05) is 66.2 Å². The molecule has 4 unspecified atom stereocenters. The van der Waals surface area contributed by atoms with Gasteiger partial charge in [-0.25, -0.2) is 8.88 Å². The minimum Gasteiger partial charge on any atom is -0.324 e. The number of hydrogen-bond acceptors (Lipinski definition) is 4. The van der Waals surface area contributed by atoms with Crippen molar-refractivity contribution in [2.75, 3.05) is 12.8 Å². The van der Waals surface area contributed by atoms with Gasteiger partial charge in [0.1, 0.15) is 0 Å². The van der Waals surface area contributed by atoms with E-state index < -0.39 is 15.4 Å². The summed E-state index contributed by atoms with van der Waals surface area (Å²) >= 11 is 0. The lowest BCUT2D eigenvalue weighted by molar-refractivity contribution is 0.161. The van der Waals surface area contributed by atoms with E-state index in [4.69, 9.17) is 4.52 Å². The molecule has 0 aliphatic carbocycles. The van der Waals surface area contributed by atoms with E-state index in [1.165, 1.54) is 0 Å². The standard InChI is InChI=1S/C16H36O6P2/c1-5-9-11-15(7-3)13-21-24(19,20)22-23(17,18)14-16(8-4)12-10-6-2/h15-16H,5-14H2,1-4H3,(H,17,18)(H,19,20). The first-order chi connectivity index (χ1) is 11.2. The maximum Gasteiger partial charge on any atom is 0.479 e. The molecule has 2 N–H and O–H groups in total. The summed E-state index contributed by atoms with van der Waals surface area (Å²) in [6.07, 6.45) is 7.20. The predicted octanol–water partition coefficient (Wildman–Crippen LogP) is 5.74. The Morgan fingerprint density at radius 2 is 1.38 bits per heavy atom. The van der Waals surface area contributed by atoms with Gasteiger partial charge in [-0.3, -0.25) is 9.09 Å². The molecule has 4 atom stereocenters. The van der Waals surface area contributed by atoms with E-state index in [9.17, 15) is 18.9 Å². The average Bonchev–Trinajstić information content (AvgIpc) is 2.50. The highest BCUT2D eigenvalue weighted by Gasteiger charge is 2.35. The lowest BCUT2D eigenvalue weighted by atomic mass is 10.0.